The number of carboxylic acids is 1. The fourth-order valence-corrected chi connectivity index (χ4v) is 0. The van der Waals surface area contributed by atoms with Crippen LogP contribution in [-0.2, 0) is 31.7 Å². The summed E-state index contributed by atoms with van der Waals surface area (Å²) in [5.74, 6) is -3.65. The molecule has 23 heavy (non-hydrogen) atoms. The number of hydrogen-bond acceptors (Lipinski definition) is 11. The van der Waals surface area contributed by atoms with Gasteiger partial charge in [-0.15, -0.1) is 0 Å². The van der Waals surface area contributed by atoms with Gasteiger partial charge in [-0.1, -0.05) is 0 Å². The van der Waals surface area contributed by atoms with Crippen LogP contribution in [0.5, 0.6) is 0 Å². The Kier molecular flexibility index (Phi) is 27.8. The summed E-state index contributed by atoms with van der Waals surface area (Å²) in [5.41, 5.74) is 14.0. The normalized spacial score (nSPS) is 9.39. The first-order valence-electron chi connectivity index (χ1n) is 5.02. The number of carboxylic acid groups (broad SMARTS) is 1. The van der Waals surface area contributed by atoms with Gasteiger partial charge in [0.1, 0.15) is 0 Å². The van der Waals surface area contributed by atoms with Crippen molar-refractivity contribution in [1.29, 1.82) is 5.41 Å². The molecule has 0 aliphatic rings. The molecule has 16 heteroatoms. The Morgan fingerprint density at radius 3 is 1.09 bits per heavy atom. The topological polar surface area (TPSA) is 248 Å². The number of aliphatic carboxylic acids is 1. The molecule has 0 aliphatic carbocycles. The second-order valence-corrected chi connectivity index (χ2v) is 4.04. The predicted octanol–water partition coefficient (Wildman–Crippen LogP) is -5.07. The Morgan fingerprint density at radius 1 is 0.957 bits per heavy atom. The molecule has 0 fully saturated rings. The van der Waals surface area contributed by atoms with Crippen LogP contribution >= 0.6 is 0 Å². The maximum Gasteiger partial charge on any atom is 3.00 e. The van der Waals surface area contributed by atoms with Crippen LogP contribution < -0.4 is 33.1 Å². The molecular weight excluding hydrogens is 398 g/mol. The molecule has 11 nitrogen and oxygen atoms in total. The van der Waals surface area contributed by atoms with Crippen molar-refractivity contribution in [3.05, 3.63) is 0 Å². The Bertz CT molecular complexity index is 375. The van der Waals surface area contributed by atoms with Crippen molar-refractivity contribution in [2.24, 2.45) is 22.9 Å². The van der Waals surface area contributed by atoms with E-state index in [0.29, 0.717) is 26.2 Å². The minimum absolute atomic E-state index is 0. The molecule has 0 saturated heterocycles. The maximum atomic E-state index is 10.7. The Hall–Kier alpha value is -1.01. The fourth-order valence-electron chi connectivity index (χ4n) is 0. The van der Waals surface area contributed by atoms with Crippen molar-refractivity contribution in [2.75, 3.05) is 26.2 Å². The van der Waals surface area contributed by atoms with Gasteiger partial charge in [0.15, 0.2) is 10.1 Å². The van der Waals surface area contributed by atoms with Gasteiger partial charge in [-0.05, 0) is 0 Å². The van der Waals surface area contributed by atoms with Crippen molar-refractivity contribution < 1.29 is 57.9 Å². The molecule has 0 amide bonds. The third kappa shape index (κ3) is 38.7. The Balaban J connectivity index is -0.0000000646. The third-order valence-electron chi connectivity index (χ3n) is 0.802. The molecule has 0 unspecified atom stereocenters. The van der Waals surface area contributed by atoms with E-state index in [0.717, 1.165) is 0 Å². The molecule has 0 spiro atoms. The van der Waals surface area contributed by atoms with Crippen LogP contribution in [0.4, 0.5) is 13.2 Å². The number of nitrogens with one attached hydrogen (secondary N) is 1. The van der Waals surface area contributed by atoms with Gasteiger partial charge in [0.25, 0.3) is 0 Å². The van der Waals surface area contributed by atoms with Crippen molar-refractivity contribution >= 4 is 22.0 Å². The van der Waals surface area contributed by atoms with Crippen LogP contribution in [0, 0.1) is 5.41 Å². The van der Waals surface area contributed by atoms with Crippen LogP contribution in [-0.4, -0.2) is 56.5 Å². The number of rotatable bonds is 2. The molecule has 0 aliphatic heterocycles. The van der Waals surface area contributed by atoms with E-state index in [1.54, 1.807) is 0 Å². The zero-order valence-corrected chi connectivity index (χ0v) is 13.3. The van der Waals surface area contributed by atoms with Crippen LogP contribution in [0.15, 0.2) is 0 Å². The molecule has 0 aromatic rings. The Labute approximate surface area is 140 Å². The van der Waals surface area contributed by atoms with Crippen LogP contribution in [0.2, 0.25) is 0 Å². The van der Waals surface area contributed by atoms with Crippen LogP contribution in [0.25, 0.3) is 0 Å². The molecule has 0 heterocycles. The van der Waals surface area contributed by atoms with E-state index in [1.165, 1.54) is 0 Å². The summed E-state index contributed by atoms with van der Waals surface area (Å²) < 4.78 is 58.9. The van der Waals surface area contributed by atoms with E-state index in [-0.39, 0.29) is 16.8 Å². The average molecular weight is 415 g/mol. The molecule has 0 bridgehead atoms. The molecular formula is C7H17CoF3N5O6S. The second kappa shape index (κ2) is 19.0. The van der Waals surface area contributed by atoms with E-state index in [2.05, 4.69) is 0 Å². The summed E-state index contributed by atoms with van der Waals surface area (Å²) in [6, 6.07) is 0. The fraction of sp³-hybridized carbons (Fsp3) is 0.714. The molecule has 0 rings (SSSR count). The summed E-state index contributed by atoms with van der Waals surface area (Å²) in [7, 11) is -6.09. The zero-order valence-electron chi connectivity index (χ0n) is 11.5. The quantitative estimate of drug-likeness (QED) is 0.124. The first-order valence-corrected chi connectivity index (χ1v) is 6.42. The Morgan fingerprint density at radius 2 is 1.09 bits per heavy atom. The largest absolute Gasteiger partial charge is 3.00 e. The van der Waals surface area contributed by atoms with Crippen molar-refractivity contribution in [2.45, 2.75) is 5.51 Å². The summed E-state index contributed by atoms with van der Waals surface area (Å²) >= 11 is 0. The monoisotopic (exact) mass is 415 g/mol. The van der Waals surface area contributed by atoms with E-state index >= 15 is 0 Å². The van der Waals surface area contributed by atoms with Crippen molar-refractivity contribution in [3.63, 3.8) is 0 Å². The third-order valence-corrected chi connectivity index (χ3v) is 1.37. The number of nitrogens with two attached hydrogens (primary N) is 4. The van der Waals surface area contributed by atoms with Gasteiger partial charge in [-0.25, -0.2) is 8.42 Å². The van der Waals surface area contributed by atoms with Gasteiger partial charge in [-0.2, -0.15) is 13.2 Å². The smallest absolute Gasteiger partial charge is 0.858 e. The number of hydrogen-bond donors (Lipinski definition) is 5. The van der Waals surface area contributed by atoms with Gasteiger partial charge in [0.2, 0.25) is 0 Å². The SMILES string of the molecule is N=C([O-])C(=O)[O-].NCCN.NCCN.O=S(=O)([O-])C(F)(F)F.[Co+3]. The van der Waals surface area contributed by atoms with Gasteiger partial charge in [0.05, 0.1) is 5.97 Å². The summed E-state index contributed by atoms with van der Waals surface area (Å²) in [6.07, 6.45) is 0. The van der Waals surface area contributed by atoms with E-state index < -0.39 is 27.5 Å². The van der Waals surface area contributed by atoms with Crippen LogP contribution in [0.3, 0.4) is 0 Å². The van der Waals surface area contributed by atoms with Gasteiger partial charge >= 0.3 is 22.3 Å². The average Bonchev–Trinajstić information content (AvgIpc) is 2.37. The molecule has 142 valence electrons. The molecule has 9 N–H and O–H groups in total. The number of carbonyl (C=O) groups is 1. The first kappa shape index (κ1) is 33.6. The van der Waals surface area contributed by atoms with E-state index in [4.69, 9.17) is 56.3 Å². The van der Waals surface area contributed by atoms with Crippen molar-refractivity contribution in [1.82, 2.24) is 0 Å². The standard InChI is InChI=1S/2C2H8N2.C2H3NO3.CHF3O3S.Co/c2*3-1-2-4;3-1(4)2(5)6;2-1(3,4)8(5,6)7;/h2*1-4H2;(H2,3,4)(H,5,6);(H,5,6,7);/q;;;;+3/p-3. The van der Waals surface area contributed by atoms with Crippen molar-refractivity contribution in [3.8, 4) is 0 Å². The second-order valence-electron chi connectivity index (χ2n) is 2.67. The van der Waals surface area contributed by atoms with Crippen LogP contribution in [0.1, 0.15) is 0 Å². The van der Waals surface area contributed by atoms with Gasteiger partial charge < -0.3 is 47.9 Å². The van der Waals surface area contributed by atoms with Gasteiger partial charge in [0, 0.05) is 32.1 Å². The zero-order chi connectivity index (χ0) is 19.0. The summed E-state index contributed by atoms with van der Waals surface area (Å²) in [4.78, 5) is 9.05. The molecule has 0 aromatic carbocycles. The summed E-state index contributed by atoms with van der Waals surface area (Å²) in [5, 5.41) is 23.9. The van der Waals surface area contributed by atoms with Gasteiger partial charge in [-0.3, -0.25) is 0 Å². The maximum absolute atomic E-state index is 10.7. The number of halogens is 3. The predicted molar refractivity (Wildman–Crippen MR) is 64.7 cm³/mol. The number of carbonyl (C=O) groups excluding carboxylic acids is 1. The minimum atomic E-state index is -6.09. The first-order chi connectivity index (χ1) is 9.72. The molecule has 0 saturated carbocycles. The number of alkyl halides is 3. The van der Waals surface area contributed by atoms with E-state index in [9.17, 15) is 13.2 Å². The minimum Gasteiger partial charge on any atom is -0.858 e. The van der Waals surface area contributed by atoms with E-state index in [1.807, 2.05) is 0 Å². The molecule has 0 aromatic heterocycles. The molecule has 0 radical (unpaired) electrons. The summed E-state index contributed by atoms with van der Waals surface area (Å²) in [6.45, 7) is 2.39. The molecule has 0 atom stereocenters.